The van der Waals surface area contributed by atoms with Crippen molar-refractivity contribution in [2.24, 2.45) is 7.05 Å². The molecule has 2 aromatic carbocycles. The van der Waals surface area contributed by atoms with Crippen LogP contribution >= 0.6 is 11.6 Å². The number of carbonyl (C=O) groups is 1. The van der Waals surface area contributed by atoms with Crippen LogP contribution in [0.4, 0.5) is 10.2 Å². The lowest BCUT2D eigenvalue weighted by Gasteiger charge is -2.26. The smallest absolute Gasteiger partial charge is 0.332 e. The molecule has 0 aliphatic carbocycles. The number of aromatic hydroxyl groups is 1. The van der Waals surface area contributed by atoms with Crippen molar-refractivity contribution in [1.82, 2.24) is 19.4 Å². The summed E-state index contributed by atoms with van der Waals surface area (Å²) in [5, 5.41) is 14.4. The Balaban J connectivity index is 1.56. The first-order valence-electron chi connectivity index (χ1n) is 10.9. The van der Waals surface area contributed by atoms with E-state index >= 15 is 0 Å². The average Bonchev–Trinajstić information content (AvgIpc) is 3.18. The number of aryl methyl sites for hydroxylation is 1. The molecule has 0 atom stereocenters. The van der Waals surface area contributed by atoms with Crippen molar-refractivity contribution < 1.29 is 14.3 Å². The predicted octanol–water partition coefficient (Wildman–Crippen LogP) is 3.34. The maximum absolute atomic E-state index is 14.7. The third-order valence-corrected chi connectivity index (χ3v) is 6.27. The molecule has 0 bridgehead atoms. The highest BCUT2D eigenvalue weighted by Gasteiger charge is 2.22. The number of carbonyl (C=O) groups excluding carboxylic acids is 1. The summed E-state index contributed by atoms with van der Waals surface area (Å²) in [6.45, 7) is 1.32. The molecule has 178 valence electrons. The molecular formula is C25H21ClFN5O3. The van der Waals surface area contributed by atoms with Gasteiger partial charge in [0.15, 0.2) is 0 Å². The maximum Gasteiger partial charge on any atom is 0.332 e. The molecule has 0 spiro atoms. The van der Waals surface area contributed by atoms with Crippen molar-refractivity contribution in [2.45, 2.75) is 0 Å². The number of benzene rings is 2. The molecule has 1 fully saturated rings. The Labute approximate surface area is 204 Å². The van der Waals surface area contributed by atoms with Gasteiger partial charge in [-0.3, -0.25) is 14.3 Å². The van der Waals surface area contributed by atoms with Gasteiger partial charge in [-0.15, -0.1) is 0 Å². The lowest BCUT2D eigenvalue weighted by molar-refractivity contribution is -0.118. The number of pyridine rings is 1. The number of hydrogen-bond acceptors (Lipinski definition) is 5. The Kier molecular flexibility index (Phi) is 5.88. The summed E-state index contributed by atoms with van der Waals surface area (Å²) in [5.74, 6) is -0.378. The SMILES string of the molecule is Cn1ccn(-c2ccc(-c3cc(F)cc(-c4ccnc(N5CCNCC5=O)c4)c3O)cc2Cl)c1=O. The van der Waals surface area contributed by atoms with Crippen LogP contribution < -0.4 is 15.9 Å². The molecule has 8 nitrogen and oxygen atoms in total. The van der Waals surface area contributed by atoms with E-state index in [4.69, 9.17) is 11.6 Å². The Morgan fingerprint density at radius 2 is 1.80 bits per heavy atom. The van der Waals surface area contributed by atoms with Gasteiger partial charge < -0.3 is 15.0 Å². The van der Waals surface area contributed by atoms with E-state index in [1.54, 1.807) is 54.7 Å². The van der Waals surface area contributed by atoms with Crippen LogP contribution in [0.5, 0.6) is 5.75 Å². The zero-order valence-electron chi connectivity index (χ0n) is 18.7. The number of nitrogens with zero attached hydrogens (tertiary/aromatic N) is 4. The minimum absolute atomic E-state index is 0.114. The summed E-state index contributed by atoms with van der Waals surface area (Å²) in [7, 11) is 1.63. The summed E-state index contributed by atoms with van der Waals surface area (Å²) in [6.07, 6.45) is 4.74. The number of nitrogens with one attached hydrogen (secondary N) is 1. The van der Waals surface area contributed by atoms with E-state index in [9.17, 15) is 19.1 Å². The van der Waals surface area contributed by atoms with E-state index in [0.29, 0.717) is 35.7 Å². The van der Waals surface area contributed by atoms with Gasteiger partial charge in [0, 0.05) is 49.9 Å². The summed E-state index contributed by atoms with van der Waals surface area (Å²) in [6, 6.07) is 10.6. The number of amides is 1. The van der Waals surface area contributed by atoms with Gasteiger partial charge in [-0.1, -0.05) is 17.7 Å². The van der Waals surface area contributed by atoms with Crippen molar-refractivity contribution in [1.29, 1.82) is 0 Å². The largest absolute Gasteiger partial charge is 0.507 e. The number of aromatic nitrogens is 3. The molecular weight excluding hydrogens is 473 g/mol. The molecule has 2 aromatic heterocycles. The number of phenols is 1. The number of hydrogen-bond donors (Lipinski definition) is 2. The molecule has 1 amide bonds. The van der Waals surface area contributed by atoms with E-state index in [0.717, 1.165) is 0 Å². The van der Waals surface area contributed by atoms with E-state index in [1.165, 1.54) is 27.5 Å². The lowest BCUT2D eigenvalue weighted by atomic mass is 9.97. The summed E-state index contributed by atoms with van der Waals surface area (Å²) < 4.78 is 17.5. The molecule has 1 aliphatic heterocycles. The fourth-order valence-corrected chi connectivity index (χ4v) is 4.41. The van der Waals surface area contributed by atoms with Gasteiger partial charge in [0.1, 0.15) is 17.4 Å². The third kappa shape index (κ3) is 4.20. The van der Waals surface area contributed by atoms with Crippen LogP contribution in [-0.4, -0.2) is 44.8 Å². The minimum atomic E-state index is -0.552. The Morgan fingerprint density at radius 1 is 1.06 bits per heavy atom. The zero-order valence-corrected chi connectivity index (χ0v) is 19.5. The minimum Gasteiger partial charge on any atom is -0.507 e. The van der Waals surface area contributed by atoms with Crippen LogP contribution in [0, 0.1) is 5.82 Å². The van der Waals surface area contributed by atoms with Crippen LogP contribution in [0.25, 0.3) is 27.9 Å². The quantitative estimate of drug-likeness (QED) is 0.455. The second-order valence-electron chi connectivity index (χ2n) is 8.20. The average molecular weight is 494 g/mol. The first-order chi connectivity index (χ1) is 16.8. The van der Waals surface area contributed by atoms with Crippen molar-refractivity contribution in [3.8, 4) is 33.7 Å². The summed E-state index contributed by atoms with van der Waals surface area (Å²) >= 11 is 6.47. The summed E-state index contributed by atoms with van der Waals surface area (Å²) in [5.41, 5.74) is 1.70. The molecule has 1 aliphatic rings. The van der Waals surface area contributed by atoms with Crippen molar-refractivity contribution in [3.05, 3.63) is 82.4 Å². The van der Waals surface area contributed by atoms with Crippen molar-refractivity contribution in [2.75, 3.05) is 24.5 Å². The number of rotatable bonds is 4. The molecule has 5 rings (SSSR count). The number of piperazine rings is 1. The Morgan fingerprint density at radius 3 is 2.46 bits per heavy atom. The third-order valence-electron chi connectivity index (χ3n) is 5.96. The fourth-order valence-electron chi connectivity index (χ4n) is 4.14. The second kappa shape index (κ2) is 9.01. The molecule has 3 heterocycles. The van der Waals surface area contributed by atoms with Crippen LogP contribution in [0.1, 0.15) is 0 Å². The van der Waals surface area contributed by atoms with E-state index < -0.39 is 5.82 Å². The highest BCUT2D eigenvalue weighted by atomic mass is 35.5. The molecule has 1 saturated heterocycles. The van der Waals surface area contributed by atoms with Crippen LogP contribution in [0.3, 0.4) is 0 Å². The highest BCUT2D eigenvalue weighted by molar-refractivity contribution is 6.32. The Hall–Kier alpha value is -3.95. The van der Waals surface area contributed by atoms with Crippen molar-refractivity contribution in [3.63, 3.8) is 0 Å². The first kappa shape index (κ1) is 22.8. The van der Waals surface area contributed by atoms with Crippen molar-refractivity contribution >= 4 is 23.3 Å². The van der Waals surface area contributed by atoms with Gasteiger partial charge in [0.05, 0.1) is 17.3 Å². The molecule has 0 saturated carbocycles. The normalized spacial score (nSPS) is 13.9. The van der Waals surface area contributed by atoms with Gasteiger partial charge >= 0.3 is 5.69 Å². The Bertz CT molecular complexity index is 1510. The molecule has 2 N–H and O–H groups in total. The van der Waals surface area contributed by atoms with Gasteiger partial charge in [-0.05, 0) is 47.5 Å². The molecule has 0 radical (unpaired) electrons. The molecule has 4 aromatic rings. The molecule has 0 unspecified atom stereocenters. The predicted molar refractivity (Wildman–Crippen MR) is 132 cm³/mol. The number of phenolic OH excluding ortho intramolecular Hbond substituents is 1. The number of halogens is 2. The maximum atomic E-state index is 14.7. The van der Waals surface area contributed by atoms with E-state index in [-0.39, 0.29) is 40.0 Å². The zero-order chi connectivity index (χ0) is 24.7. The highest BCUT2D eigenvalue weighted by Crippen LogP contribution is 2.40. The summed E-state index contributed by atoms with van der Waals surface area (Å²) in [4.78, 5) is 30.4. The number of imidazole rings is 1. The first-order valence-corrected chi connectivity index (χ1v) is 11.3. The van der Waals surface area contributed by atoms with Crippen LogP contribution in [0.2, 0.25) is 5.02 Å². The topological polar surface area (TPSA) is 92.4 Å². The standard InChI is InChI=1S/C25H21ClFN5O3/c1-30-8-9-31(25(30)35)21-3-2-15(10-20(21)26)18-12-17(27)13-19(24(18)34)16-4-5-29-22(11-16)32-7-6-28-14-23(32)33/h2-5,8-13,28,34H,6-7,14H2,1H3. The van der Waals surface area contributed by atoms with Crippen LogP contribution in [-0.2, 0) is 11.8 Å². The second-order valence-corrected chi connectivity index (χ2v) is 8.61. The van der Waals surface area contributed by atoms with Gasteiger partial charge in [0.25, 0.3) is 0 Å². The van der Waals surface area contributed by atoms with Gasteiger partial charge in [-0.2, -0.15) is 0 Å². The van der Waals surface area contributed by atoms with E-state index in [2.05, 4.69) is 10.3 Å². The monoisotopic (exact) mass is 493 g/mol. The van der Waals surface area contributed by atoms with E-state index in [1.807, 2.05) is 0 Å². The fraction of sp³-hybridized carbons (Fsp3) is 0.160. The van der Waals surface area contributed by atoms with Gasteiger partial charge in [-0.25, -0.2) is 14.2 Å². The number of anilines is 1. The molecule has 10 heteroatoms. The van der Waals surface area contributed by atoms with Gasteiger partial charge in [0.2, 0.25) is 5.91 Å². The van der Waals surface area contributed by atoms with Crippen LogP contribution in [0.15, 0.2) is 65.8 Å². The lowest BCUT2D eigenvalue weighted by Crippen LogP contribution is -2.48. The molecule has 35 heavy (non-hydrogen) atoms.